The Bertz CT molecular complexity index is 1410. The van der Waals surface area contributed by atoms with Crippen LogP contribution in [-0.4, -0.2) is 66.2 Å². The van der Waals surface area contributed by atoms with Crippen molar-refractivity contribution >= 4 is 28.4 Å². The topological polar surface area (TPSA) is 70.6 Å². The molecule has 2 aliphatic heterocycles. The normalized spacial score (nSPS) is 17.0. The van der Waals surface area contributed by atoms with E-state index in [0.29, 0.717) is 17.3 Å². The lowest BCUT2D eigenvalue weighted by Crippen LogP contribution is -2.49. The van der Waals surface area contributed by atoms with Crippen LogP contribution < -0.4 is 10.2 Å². The molecule has 3 heterocycles. The predicted octanol–water partition coefficient (Wildman–Crippen LogP) is 4.99. The number of ether oxygens (including phenoxy) is 1. The maximum Gasteiger partial charge on any atom is 0.255 e. The number of morpholine rings is 1. The van der Waals surface area contributed by atoms with E-state index in [1.54, 1.807) is 24.3 Å². The Morgan fingerprint density at radius 3 is 2.26 bits per heavy atom. The third kappa shape index (κ3) is 5.37. The van der Waals surface area contributed by atoms with Crippen LogP contribution in [0, 0.1) is 5.82 Å². The molecule has 0 aliphatic carbocycles. The molecule has 0 radical (unpaired) electrons. The standard InChI is InChI=1S/C30H30FN5O2/c31-24-7-5-22(6-8-24)21-1-3-23(4-2-21)30(37)33-25-9-10-27-28(19-25)32-20-29(34-27)36-13-11-26(12-14-36)35-15-17-38-18-16-35/h1-10,19-20,26H,11-18H2,(H,33,37). The fraction of sp³-hybridized carbons (Fsp3) is 0.300. The fourth-order valence-electron chi connectivity index (χ4n) is 5.29. The number of aromatic nitrogens is 2. The Hall–Kier alpha value is -3.88. The summed E-state index contributed by atoms with van der Waals surface area (Å²) in [6.45, 7) is 5.67. The largest absolute Gasteiger partial charge is 0.379 e. The molecular formula is C30H30FN5O2. The van der Waals surface area contributed by atoms with Gasteiger partial charge in [-0.15, -0.1) is 0 Å². The lowest BCUT2D eigenvalue weighted by Gasteiger charge is -2.40. The second-order valence-electron chi connectivity index (χ2n) is 9.84. The molecule has 4 aromatic rings. The highest BCUT2D eigenvalue weighted by molar-refractivity contribution is 6.05. The monoisotopic (exact) mass is 511 g/mol. The van der Waals surface area contributed by atoms with Crippen molar-refractivity contribution in [2.24, 2.45) is 0 Å². The van der Waals surface area contributed by atoms with Crippen LogP contribution >= 0.6 is 0 Å². The smallest absolute Gasteiger partial charge is 0.255 e. The number of nitrogens with zero attached hydrogens (tertiary/aromatic N) is 4. The summed E-state index contributed by atoms with van der Waals surface area (Å²) >= 11 is 0. The van der Waals surface area contributed by atoms with Gasteiger partial charge < -0.3 is 15.0 Å². The van der Waals surface area contributed by atoms with Gasteiger partial charge in [0, 0.05) is 43.5 Å². The summed E-state index contributed by atoms with van der Waals surface area (Å²) in [4.78, 5) is 27.2. The lowest BCUT2D eigenvalue weighted by molar-refractivity contribution is 0.0115. The van der Waals surface area contributed by atoms with Crippen LogP contribution in [0.5, 0.6) is 0 Å². The van der Waals surface area contributed by atoms with E-state index in [1.807, 2.05) is 36.5 Å². The van der Waals surface area contributed by atoms with Gasteiger partial charge in [-0.05, 0) is 66.4 Å². The summed E-state index contributed by atoms with van der Waals surface area (Å²) in [6.07, 6.45) is 4.07. The van der Waals surface area contributed by atoms with Crippen molar-refractivity contribution < 1.29 is 13.9 Å². The number of rotatable bonds is 5. The van der Waals surface area contributed by atoms with Crippen LogP contribution in [0.15, 0.2) is 72.9 Å². The molecule has 194 valence electrons. The maximum absolute atomic E-state index is 13.2. The van der Waals surface area contributed by atoms with E-state index < -0.39 is 0 Å². The number of halogens is 1. The van der Waals surface area contributed by atoms with E-state index in [9.17, 15) is 9.18 Å². The number of carbonyl (C=O) groups is 1. The zero-order valence-electron chi connectivity index (χ0n) is 21.1. The second-order valence-corrected chi connectivity index (χ2v) is 9.84. The predicted molar refractivity (Wildman–Crippen MR) is 147 cm³/mol. The molecule has 0 bridgehead atoms. The van der Waals surface area contributed by atoms with Gasteiger partial charge in [-0.3, -0.25) is 14.7 Å². The van der Waals surface area contributed by atoms with Crippen LogP contribution in [0.2, 0.25) is 0 Å². The minimum atomic E-state index is -0.273. The number of amides is 1. The fourth-order valence-corrected chi connectivity index (χ4v) is 5.29. The Morgan fingerprint density at radius 1 is 0.868 bits per heavy atom. The van der Waals surface area contributed by atoms with E-state index in [4.69, 9.17) is 9.72 Å². The molecule has 1 N–H and O–H groups in total. The molecule has 3 aromatic carbocycles. The van der Waals surface area contributed by atoms with Crippen molar-refractivity contribution in [3.63, 3.8) is 0 Å². The first-order valence-electron chi connectivity index (χ1n) is 13.1. The Labute approximate surface area is 221 Å². The van der Waals surface area contributed by atoms with Crippen molar-refractivity contribution in [2.45, 2.75) is 18.9 Å². The van der Waals surface area contributed by atoms with Gasteiger partial charge in [0.1, 0.15) is 11.6 Å². The summed E-state index contributed by atoms with van der Waals surface area (Å²) < 4.78 is 18.7. The molecule has 1 amide bonds. The molecule has 2 fully saturated rings. The second kappa shape index (κ2) is 10.8. The van der Waals surface area contributed by atoms with Crippen molar-refractivity contribution in [3.8, 4) is 11.1 Å². The van der Waals surface area contributed by atoms with E-state index in [1.165, 1.54) is 12.1 Å². The molecule has 0 atom stereocenters. The third-order valence-corrected chi connectivity index (χ3v) is 7.46. The molecule has 2 saturated heterocycles. The van der Waals surface area contributed by atoms with Gasteiger partial charge in [0.2, 0.25) is 0 Å². The summed E-state index contributed by atoms with van der Waals surface area (Å²) in [5, 5.41) is 2.95. The van der Waals surface area contributed by atoms with Gasteiger partial charge in [-0.1, -0.05) is 24.3 Å². The van der Waals surface area contributed by atoms with Crippen LogP contribution in [-0.2, 0) is 4.74 Å². The summed E-state index contributed by atoms with van der Waals surface area (Å²) in [7, 11) is 0. The zero-order valence-corrected chi connectivity index (χ0v) is 21.1. The SMILES string of the molecule is O=C(Nc1ccc2nc(N3CCC(N4CCOCC4)CC3)cnc2c1)c1ccc(-c2ccc(F)cc2)cc1. The number of nitrogens with one attached hydrogen (secondary N) is 1. The van der Waals surface area contributed by atoms with Crippen molar-refractivity contribution in [3.05, 3.63) is 84.3 Å². The first-order chi connectivity index (χ1) is 18.6. The number of carbonyl (C=O) groups excluding carboxylic acids is 1. The third-order valence-electron chi connectivity index (χ3n) is 7.46. The quantitative estimate of drug-likeness (QED) is 0.407. The number of fused-ring (bicyclic) bond motifs is 1. The Morgan fingerprint density at radius 2 is 1.55 bits per heavy atom. The summed E-state index contributed by atoms with van der Waals surface area (Å²) in [5.74, 6) is 0.420. The van der Waals surface area contributed by atoms with Crippen LogP contribution in [0.25, 0.3) is 22.2 Å². The van der Waals surface area contributed by atoms with Gasteiger partial charge in [0.05, 0.1) is 30.4 Å². The minimum Gasteiger partial charge on any atom is -0.379 e. The first kappa shape index (κ1) is 24.5. The number of benzene rings is 3. The van der Waals surface area contributed by atoms with Gasteiger partial charge in [0.15, 0.2) is 0 Å². The van der Waals surface area contributed by atoms with Crippen molar-refractivity contribution in [2.75, 3.05) is 49.6 Å². The average molecular weight is 512 g/mol. The summed E-state index contributed by atoms with van der Waals surface area (Å²) in [5.41, 5.74) is 4.56. The molecule has 8 heteroatoms. The maximum atomic E-state index is 13.2. The Kier molecular flexibility index (Phi) is 6.98. The van der Waals surface area contributed by atoms with Gasteiger partial charge in [-0.2, -0.15) is 0 Å². The van der Waals surface area contributed by atoms with Gasteiger partial charge >= 0.3 is 0 Å². The van der Waals surface area contributed by atoms with E-state index >= 15 is 0 Å². The van der Waals surface area contributed by atoms with Gasteiger partial charge in [-0.25, -0.2) is 9.37 Å². The first-order valence-corrected chi connectivity index (χ1v) is 13.1. The minimum absolute atomic E-state index is 0.206. The molecule has 0 spiro atoms. The van der Waals surface area contributed by atoms with Gasteiger partial charge in [0.25, 0.3) is 5.91 Å². The molecule has 38 heavy (non-hydrogen) atoms. The Balaban J connectivity index is 1.09. The number of anilines is 2. The molecule has 2 aliphatic rings. The van der Waals surface area contributed by atoms with Crippen LogP contribution in [0.3, 0.4) is 0 Å². The van der Waals surface area contributed by atoms with Crippen molar-refractivity contribution in [1.82, 2.24) is 14.9 Å². The number of hydrogen-bond acceptors (Lipinski definition) is 6. The van der Waals surface area contributed by atoms with Crippen LogP contribution in [0.4, 0.5) is 15.9 Å². The van der Waals surface area contributed by atoms with Crippen molar-refractivity contribution in [1.29, 1.82) is 0 Å². The van der Waals surface area contributed by atoms with Crippen LogP contribution in [0.1, 0.15) is 23.2 Å². The molecule has 0 unspecified atom stereocenters. The summed E-state index contributed by atoms with van der Waals surface area (Å²) in [6, 6.07) is 19.8. The number of hydrogen-bond donors (Lipinski definition) is 1. The highest BCUT2D eigenvalue weighted by Gasteiger charge is 2.26. The number of piperidine rings is 1. The highest BCUT2D eigenvalue weighted by atomic mass is 19.1. The van der Waals surface area contributed by atoms with E-state index in [2.05, 4.69) is 20.1 Å². The molecule has 0 saturated carbocycles. The zero-order chi connectivity index (χ0) is 25.9. The van der Waals surface area contributed by atoms with E-state index in [-0.39, 0.29) is 11.7 Å². The molecule has 6 rings (SSSR count). The lowest BCUT2D eigenvalue weighted by atomic mass is 10.0. The molecule has 1 aromatic heterocycles. The van der Waals surface area contributed by atoms with E-state index in [0.717, 1.165) is 80.2 Å². The molecular weight excluding hydrogens is 481 g/mol. The average Bonchev–Trinajstić information content (AvgIpc) is 2.98. The highest BCUT2D eigenvalue weighted by Crippen LogP contribution is 2.25. The molecule has 7 nitrogen and oxygen atoms in total.